The molecule has 1 atom stereocenters. The lowest BCUT2D eigenvalue weighted by Crippen LogP contribution is -2.30. The molecular weight excluding hydrogens is 210 g/mol. The Balaban J connectivity index is 3.56. The Morgan fingerprint density at radius 3 is 2.29 bits per heavy atom. The third-order valence-electron chi connectivity index (χ3n) is 3.13. The Bertz CT molecular complexity index is 127. The molecule has 0 aromatic rings. The molecule has 17 heavy (non-hydrogen) atoms. The van der Waals surface area contributed by atoms with E-state index in [1.54, 1.807) is 0 Å². The average Bonchev–Trinajstić information content (AvgIpc) is 2.35. The fourth-order valence-electron chi connectivity index (χ4n) is 2.09. The normalized spacial score (nSPS) is 12.9. The van der Waals surface area contributed by atoms with Gasteiger partial charge in [-0.1, -0.05) is 39.5 Å². The van der Waals surface area contributed by atoms with Gasteiger partial charge >= 0.3 is 0 Å². The first-order valence-corrected chi connectivity index (χ1v) is 7.66. The number of hydrogen-bond donors (Lipinski definition) is 1. The number of hydrogen-bond acceptors (Lipinski definition) is 2. The van der Waals surface area contributed by atoms with Crippen molar-refractivity contribution in [3.05, 3.63) is 0 Å². The first-order chi connectivity index (χ1) is 8.35. The standard InChI is InChI=1S/C15H33NO/c1-4-7-8-9-11-15(16-13-5-2)12-10-14-17-6-3/h15-16H,4-14H2,1-3H3. The highest BCUT2D eigenvalue weighted by molar-refractivity contribution is 4.66. The summed E-state index contributed by atoms with van der Waals surface area (Å²) >= 11 is 0. The van der Waals surface area contributed by atoms with E-state index in [2.05, 4.69) is 26.1 Å². The van der Waals surface area contributed by atoms with Crippen LogP contribution in [0.5, 0.6) is 0 Å². The van der Waals surface area contributed by atoms with Gasteiger partial charge in [-0.05, 0) is 39.2 Å². The van der Waals surface area contributed by atoms with E-state index in [1.165, 1.54) is 51.4 Å². The molecule has 0 radical (unpaired) electrons. The molecule has 1 N–H and O–H groups in total. The third-order valence-corrected chi connectivity index (χ3v) is 3.13. The van der Waals surface area contributed by atoms with Crippen molar-refractivity contribution in [1.82, 2.24) is 5.32 Å². The SMILES string of the molecule is CCCCCCC(CCCOCC)NCCC. The van der Waals surface area contributed by atoms with Gasteiger partial charge in [0.15, 0.2) is 0 Å². The monoisotopic (exact) mass is 243 g/mol. The van der Waals surface area contributed by atoms with E-state index in [9.17, 15) is 0 Å². The topological polar surface area (TPSA) is 21.3 Å². The molecule has 0 heterocycles. The summed E-state index contributed by atoms with van der Waals surface area (Å²) in [7, 11) is 0. The summed E-state index contributed by atoms with van der Waals surface area (Å²) in [6.45, 7) is 9.51. The first kappa shape index (κ1) is 16.9. The fourth-order valence-corrected chi connectivity index (χ4v) is 2.09. The van der Waals surface area contributed by atoms with Gasteiger partial charge in [0.1, 0.15) is 0 Å². The molecule has 0 aromatic carbocycles. The number of ether oxygens (including phenoxy) is 1. The molecule has 0 aliphatic rings. The van der Waals surface area contributed by atoms with E-state index >= 15 is 0 Å². The maximum absolute atomic E-state index is 5.40. The van der Waals surface area contributed by atoms with Crippen LogP contribution in [-0.4, -0.2) is 25.8 Å². The molecule has 0 saturated heterocycles. The van der Waals surface area contributed by atoms with Gasteiger partial charge in [0, 0.05) is 19.3 Å². The van der Waals surface area contributed by atoms with Crippen molar-refractivity contribution in [3.63, 3.8) is 0 Å². The van der Waals surface area contributed by atoms with Crippen molar-refractivity contribution < 1.29 is 4.74 Å². The van der Waals surface area contributed by atoms with Gasteiger partial charge in [-0.3, -0.25) is 0 Å². The van der Waals surface area contributed by atoms with E-state index in [-0.39, 0.29) is 0 Å². The summed E-state index contributed by atoms with van der Waals surface area (Å²) in [4.78, 5) is 0. The second-order valence-corrected chi connectivity index (χ2v) is 4.84. The molecule has 0 saturated carbocycles. The van der Waals surface area contributed by atoms with Crippen molar-refractivity contribution in [2.45, 2.75) is 78.2 Å². The highest BCUT2D eigenvalue weighted by Crippen LogP contribution is 2.10. The molecule has 2 heteroatoms. The molecule has 0 aromatic heterocycles. The molecular formula is C15H33NO. The van der Waals surface area contributed by atoms with Crippen LogP contribution in [-0.2, 0) is 4.74 Å². The Morgan fingerprint density at radius 2 is 1.65 bits per heavy atom. The Hall–Kier alpha value is -0.0800. The molecule has 2 nitrogen and oxygen atoms in total. The predicted molar refractivity (Wildman–Crippen MR) is 76.6 cm³/mol. The Kier molecular flexibility index (Phi) is 13.9. The summed E-state index contributed by atoms with van der Waals surface area (Å²) < 4.78 is 5.40. The maximum Gasteiger partial charge on any atom is 0.0466 e. The van der Waals surface area contributed by atoms with E-state index < -0.39 is 0 Å². The van der Waals surface area contributed by atoms with Crippen molar-refractivity contribution in [3.8, 4) is 0 Å². The zero-order valence-electron chi connectivity index (χ0n) is 12.3. The maximum atomic E-state index is 5.40. The highest BCUT2D eigenvalue weighted by atomic mass is 16.5. The number of unbranched alkanes of at least 4 members (excludes halogenated alkanes) is 3. The van der Waals surface area contributed by atoms with E-state index in [4.69, 9.17) is 4.74 Å². The third kappa shape index (κ3) is 12.2. The molecule has 0 aliphatic heterocycles. The molecule has 104 valence electrons. The molecule has 0 bridgehead atoms. The zero-order valence-corrected chi connectivity index (χ0v) is 12.3. The predicted octanol–water partition coefficient (Wildman–Crippen LogP) is 4.14. The van der Waals surface area contributed by atoms with Gasteiger partial charge in [0.25, 0.3) is 0 Å². The molecule has 0 rings (SSSR count). The smallest absolute Gasteiger partial charge is 0.0466 e. The van der Waals surface area contributed by atoms with Gasteiger partial charge < -0.3 is 10.1 Å². The quantitative estimate of drug-likeness (QED) is 0.491. The van der Waals surface area contributed by atoms with Gasteiger partial charge in [-0.2, -0.15) is 0 Å². The largest absolute Gasteiger partial charge is 0.382 e. The summed E-state index contributed by atoms with van der Waals surface area (Å²) in [5.74, 6) is 0. The average molecular weight is 243 g/mol. The molecule has 0 spiro atoms. The van der Waals surface area contributed by atoms with Crippen LogP contribution >= 0.6 is 0 Å². The minimum Gasteiger partial charge on any atom is -0.382 e. The van der Waals surface area contributed by atoms with Crippen molar-refractivity contribution in [2.75, 3.05) is 19.8 Å². The number of nitrogens with one attached hydrogen (secondary N) is 1. The van der Waals surface area contributed by atoms with E-state index in [0.29, 0.717) is 6.04 Å². The van der Waals surface area contributed by atoms with E-state index in [1.807, 2.05) is 0 Å². The van der Waals surface area contributed by atoms with Crippen LogP contribution in [0.25, 0.3) is 0 Å². The Labute approximate surface area is 109 Å². The number of rotatable bonds is 13. The summed E-state index contributed by atoms with van der Waals surface area (Å²) in [6, 6.07) is 0.715. The van der Waals surface area contributed by atoms with Crippen molar-refractivity contribution >= 4 is 0 Å². The van der Waals surface area contributed by atoms with Crippen LogP contribution in [0.1, 0.15) is 72.1 Å². The van der Waals surface area contributed by atoms with E-state index in [0.717, 1.165) is 19.8 Å². The van der Waals surface area contributed by atoms with Crippen LogP contribution in [0.4, 0.5) is 0 Å². The van der Waals surface area contributed by atoms with Crippen LogP contribution in [0.2, 0.25) is 0 Å². The second kappa shape index (κ2) is 14.0. The van der Waals surface area contributed by atoms with Crippen LogP contribution < -0.4 is 5.32 Å². The Morgan fingerprint density at radius 1 is 0.882 bits per heavy atom. The van der Waals surface area contributed by atoms with Gasteiger partial charge in [0.05, 0.1) is 0 Å². The lowest BCUT2D eigenvalue weighted by molar-refractivity contribution is 0.140. The molecule has 0 aliphatic carbocycles. The molecule has 0 amide bonds. The molecule has 1 unspecified atom stereocenters. The van der Waals surface area contributed by atoms with Crippen LogP contribution in [0, 0.1) is 0 Å². The van der Waals surface area contributed by atoms with Crippen LogP contribution in [0.15, 0.2) is 0 Å². The minimum atomic E-state index is 0.715. The summed E-state index contributed by atoms with van der Waals surface area (Å²) in [5.41, 5.74) is 0. The van der Waals surface area contributed by atoms with Crippen molar-refractivity contribution in [2.24, 2.45) is 0 Å². The van der Waals surface area contributed by atoms with Gasteiger partial charge in [-0.15, -0.1) is 0 Å². The zero-order chi connectivity index (χ0) is 12.8. The van der Waals surface area contributed by atoms with Gasteiger partial charge in [-0.25, -0.2) is 0 Å². The fraction of sp³-hybridized carbons (Fsp3) is 1.00. The van der Waals surface area contributed by atoms with Crippen molar-refractivity contribution in [1.29, 1.82) is 0 Å². The lowest BCUT2D eigenvalue weighted by atomic mass is 10.0. The minimum absolute atomic E-state index is 0.715. The summed E-state index contributed by atoms with van der Waals surface area (Å²) in [6.07, 6.45) is 10.5. The summed E-state index contributed by atoms with van der Waals surface area (Å²) in [5, 5.41) is 3.67. The molecule has 0 fully saturated rings. The van der Waals surface area contributed by atoms with Gasteiger partial charge in [0.2, 0.25) is 0 Å². The van der Waals surface area contributed by atoms with Crippen LogP contribution in [0.3, 0.4) is 0 Å². The first-order valence-electron chi connectivity index (χ1n) is 7.66. The second-order valence-electron chi connectivity index (χ2n) is 4.84. The highest BCUT2D eigenvalue weighted by Gasteiger charge is 2.06. The lowest BCUT2D eigenvalue weighted by Gasteiger charge is -2.18.